The first-order chi connectivity index (χ1) is 8.34. The molecule has 5 nitrogen and oxygen atoms in total. The third-order valence-electron chi connectivity index (χ3n) is 3.43. The van der Waals surface area contributed by atoms with Gasteiger partial charge in [-0.15, -0.1) is 0 Å². The van der Waals surface area contributed by atoms with Crippen LogP contribution in [0.25, 0.3) is 0 Å². The Bertz CT molecular complexity index is 371. The molecule has 0 aromatic heterocycles. The van der Waals surface area contributed by atoms with Crippen molar-refractivity contribution >= 4 is 71.1 Å². The quantitative estimate of drug-likeness (QED) is 0.530. The molecule has 20 heavy (non-hydrogen) atoms. The van der Waals surface area contributed by atoms with E-state index >= 15 is 0 Å². The van der Waals surface area contributed by atoms with E-state index in [1.165, 1.54) is 0 Å². The van der Waals surface area contributed by atoms with E-state index in [0.717, 1.165) is 0 Å². The molecule has 1 rings (SSSR count). The fourth-order valence-corrected chi connectivity index (χ4v) is 2.55. The molecule has 1 fully saturated rings. The zero-order valence-corrected chi connectivity index (χ0v) is 16.7. The van der Waals surface area contributed by atoms with Gasteiger partial charge in [0.1, 0.15) is 0 Å². The first-order valence-electron chi connectivity index (χ1n) is 6.23. The van der Waals surface area contributed by atoms with Crippen LogP contribution in [0.4, 0.5) is 0 Å². The minimum Gasteiger partial charge on any atom is -0.478 e. The molecular weight excluding hydrogens is 282 g/mol. The van der Waals surface area contributed by atoms with E-state index in [2.05, 4.69) is 0 Å². The van der Waals surface area contributed by atoms with E-state index in [-0.39, 0.29) is 88.2 Å². The second-order valence-electron chi connectivity index (χ2n) is 5.10. The standard InChI is InChI=1S/C13H20O5.2Na/c1-7(2)10(12(15)16)11(13(17)18)8-3-5-9(14)6-4-8;;/h7-9,14H,3-6H2,1-2H3,(H,15,16)(H,17,18);;/b11-10-;;. The number of hydrogen-bond acceptors (Lipinski definition) is 3. The summed E-state index contributed by atoms with van der Waals surface area (Å²) >= 11 is 0. The van der Waals surface area contributed by atoms with Crippen LogP contribution < -0.4 is 0 Å². The molecule has 1 aliphatic rings. The van der Waals surface area contributed by atoms with Crippen LogP contribution in [0.3, 0.4) is 0 Å². The van der Waals surface area contributed by atoms with Gasteiger partial charge in [0, 0.05) is 59.1 Å². The largest absolute Gasteiger partial charge is 0.478 e. The number of hydrogen-bond donors (Lipinski definition) is 3. The molecule has 0 saturated heterocycles. The zero-order valence-electron chi connectivity index (χ0n) is 12.7. The van der Waals surface area contributed by atoms with Crippen molar-refractivity contribution in [1.82, 2.24) is 0 Å². The first-order valence-corrected chi connectivity index (χ1v) is 6.23. The summed E-state index contributed by atoms with van der Waals surface area (Å²) < 4.78 is 0. The normalized spacial score (nSPS) is 23.2. The summed E-state index contributed by atoms with van der Waals surface area (Å²) in [4.78, 5) is 22.6. The van der Waals surface area contributed by atoms with Crippen molar-refractivity contribution in [3.05, 3.63) is 11.1 Å². The summed E-state index contributed by atoms with van der Waals surface area (Å²) in [5.74, 6) is -2.91. The smallest absolute Gasteiger partial charge is 0.332 e. The van der Waals surface area contributed by atoms with E-state index in [4.69, 9.17) is 0 Å². The summed E-state index contributed by atoms with van der Waals surface area (Å²) in [5, 5.41) is 27.9. The average molecular weight is 302 g/mol. The van der Waals surface area contributed by atoms with E-state index in [9.17, 15) is 24.9 Å². The molecule has 3 N–H and O–H groups in total. The van der Waals surface area contributed by atoms with Crippen LogP contribution in [0, 0.1) is 11.8 Å². The number of aliphatic hydroxyl groups is 1. The van der Waals surface area contributed by atoms with Crippen molar-refractivity contribution in [2.75, 3.05) is 0 Å². The predicted octanol–water partition coefficient (Wildman–Crippen LogP) is 0.898. The van der Waals surface area contributed by atoms with Gasteiger partial charge in [0.15, 0.2) is 0 Å². The minimum atomic E-state index is -1.16. The number of carbonyl (C=O) groups is 2. The summed E-state index contributed by atoms with van der Waals surface area (Å²) in [6.07, 6.45) is 1.75. The molecule has 0 atom stereocenters. The van der Waals surface area contributed by atoms with Gasteiger partial charge in [-0.2, -0.15) is 0 Å². The van der Waals surface area contributed by atoms with E-state index in [0.29, 0.717) is 25.7 Å². The van der Waals surface area contributed by atoms with Crippen molar-refractivity contribution in [2.45, 2.75) is 45.6 Å². The maximum absolute atomic E-state index is 11.3. The molecule has 0 aromatic carbocycles. The van der Waals surface area contributed by atoms with Crippen LogP contribution in [0.15, 0.2) is 11.1 Å². The molecular formula is C13H20Na2O5. The van der Waals surface area contributed by atoms with Crippen molar-refractivity contribution in [3.8, 4) is 0 Å². The van der Waals surface area contributed by atoms with E-state index in [1.807, 2.05) is 0 Å². The molecule has 1 saturated carbocycles. The van der Waals surface area contributed by atoms with Crippen molar-refractivity contribution < 1.29 is 24.9 Å². The number of aliphatic carboxylic acids is 2. The number of aliphatic hydroxyl groups excluding tert-OH is 1. The Kier molecular flexibility index (Phi) is 11.9. The molecule has 0 heterocycles. The summed E-state index contributed by atoms with van der Waals surface area (Å²) in [6.45, 7) is 3.37. The molecule has 104 valence electrons. The van der Waals surface area contributed by atoms with Crippen molar-refractivity contribution in [2.24, 2.45) is 11.8 Å². The third-order valence-corrected chi connectivity index (χ3v) is 3.43. The molecule has 1 aliphatic carbocycles. The van der Waals surface area contributed by atoms with Crippen LogP contribution in [-0.4, -0.2) is 92.5 Å². The van der Waals surface area contributed by atoms with Crippen molar-refractivity contribution in [1.29, 1.82) is 0 Å². The Morgan fingerprint density at radius 2 is 1.40 bits per heavy atom. The fourth-order valence-electron chi connectivity index (χ4n) is 2.55. The van der Waals surface area contributed by atoms with Crippen LogP contribution >= 0.6 is 0 Å². The van der Waals surface area contributed by atoms with Gasteiger partial charge in [0.05, 0.1) is 17.3 Å². The van der Waals surface area contributed by atoms with Crippen LogP contribution in [0.2, 0.25) is 0 Å². The van der Waals surface area contributed by atoms with Gasteiger partial charge in [0.2, 0.25) is 0 Å². The number of carboxylic acids is 2. The summed E-state index contributed by atoms with van der Waals surface area (Å²) in [6, 6.07) is 0. The SMILES string of the molecule is CC(C)/C(C(=O)O)=C(/C(=O)O)C1CCC(O)CC1.[Na].[Na]. The molecule has 0 aliphatic heterocycles. The summed E-state index contributed by atoms with van der Waals surface area (Å²) in [5.41, 5.74) is 0.00768. The molecule has 0 amide bonds. The van der Waals surface area contributed by atoms with Crippen LogP contribution in [0.5, 0.6) is 0 Å². The van der Waals surface area contributed by atoms with Crippen molar-refractivity contribution in [3.63, 3.8) is 0 Å². The number of carboxylic acid groups (broad SMARTS) is 2. The Balaban J connectivity index is 0. The maximum Gasteiger partial charge on any atom is 0.332 e. The molecule has 0 aromatic rings. The fraction of sp³-hybridized carbons (Fsp3) is 0.692. The second kappa shape index (κ2) is 10.4. The maximum atomic E-state index is 11.3. The minimum absolute atomic E-state index is 0. The third kappa shape index (κ3) is 6.18. The van der Waals surface area contributed by atoms with E-state index < -0.39 is 11.9 Å². The van der Waals surface area contributed by atoms with Gasteiger partial charge >= 0.3 is 11.9 Å². The zero-order chi connectivity index (χ0) is 13.9. The molecule has 2 radical (unpaired) electrons. The van der Waals surface area contributed by atoms with Gasteiger partial charge in [0.25, 0.3) is 0 Å². The molecule has 0 unspecified atom stereocenters. The Morgan fingerprint density at radius 3 is 1.70 bits per heavy atom. The molecule has 0 bridgehead atoms. The summed E-state index contributed by atoms with van der Waals surface area (Å²) in [7, 11) is 0. The average Bonchev–Trinajstić information content (AvgIpc) is 2.25. The molecule has 7 heteroatoms. The van der Waals surface area contributed by atoms with Crippen LogP contribution in [0.1, 0.15) is 39.5 Å². The van der Waals surface area contributed by atoms with Gasteiger partial charge in [-0.3, -0.25) is 0 Å². The Morgan fingerprint density at radius 1 is 0.950 bits per heavy atom. The van der Waals surface area contributed by atoms with Gasteiger partial charge in [-0.1, -0.05) is 13.8 Å². The van der Waals surface area contributed by atoms with Gasteiger partial charge < -0.3 is 15.3 Å². The predicted molar refractivity (Wildman–Crippen MR) is 76.6 cm³/mol. The van der Waals surface area contributed by atoms with E-state index in [1.54, 1.807) is 13.8 Å². The second-order valence-corrected chi connectivity index (χ2v) is 5.10. The number of rotatable bonds is 4. The monoisotopic (exact) mass is 302 g/mol. The Labute approximate surface area is 163 Å². The molecule has 0 spiro atoms. The Hall–Kier alpha value is 0.640. The van der Waals surface area contributed by atoms with Gasteiger partial charge in [-0.25, -0.2) is 9.59 Å². The topological polar surface area (TPSA) is 94.8 Å². The first kappa shape index (κ1) is 22.9. The van der Waals surface area contributed by atoms with Crippen LogP contribution in [-0.2, 0) is 9.59 Å². The van der Waals surface area contributed by atoms with Gasteiger partial charge in [-0.05, 0) is 37.5 Å².